The zero-order valence-corrected chi connectivity index (χ0v) is 10.6. The predicted molar refractivity (Wildman–Crippen MR) is 70.2 cm³/mol. The van der Waals surface area contributed by atoms with Gasteiger partial charge in [0.25, 0.3) is 0 Å². The molecule has 2 heterocycles. The standard InChI is InChI=1S/C15H18N2O/c1-11-3-2-7-16-14(11)10-17-8-6-13(9-17)15(18)12-4-5-12/h2-3,6-9,12,15,18H,4-5,10H2,1H3. The largest absolute Gasteiger partial charge is 0.388 e. The summed E-state index contributed by atoms with van der Waals surface area (Å²) in [5, 5.41) is 10.1. The highest BCUT2D eigenvalue weighted by Gasteiger charge is 2.31. The van der Waals surface area contributed by atoms with Gasteiger partial charge in [-0.2, -0.15) is 0 Å². The summed E-state index contributed by atoms with van der Waals surface area (Å²) in [4.78, 5) is 4.39. The molecule has 0 aromatic carbocycles. The van der Waals surface area contributed by atoms with E-state index in [0.717, 1.165) is 30.6 Å². The molecule has 94 valence electrons. The van der Waals surface area contributed by atoms with Gasteiger partial charge in [0.1, 0.15) is 0 Å². The summed E-state index contributed by atoms with van der Waals surface area (Å²) in [6, 6.07) is 6.05. The molecule has 0 radical (unpaired) electrons. The van der Waals surface area contributed by atoms with Gasteiger partial charge in [-0.15, -0.1) is 0 Å². The Bertz CT molecular complexity index is 543. The third kappa shape index (κ3) is 2.31. The molecule has 2 aromatic rings. The van der Waals surface area contributed by atoms with Crippen molar-refractivity contribution in [3.63, 3.8) is 0 Å². The smallest absolute Gasteiger partial charge is 0.0832 e. The minimum atomic E-state index is -0.281. The van der Waals surface area contributed by atoms with E-state index in [2.05, 4.69) is 22.5 Å². The van der Waals surface area contributed by atoms with Gasteiger partial charge in [-0.1, -0.05) is 6.07 Å². The lowest BCUT2D eigenvalue weighted by Crippen LogP contribution is -2.02. The molecular weight excluding hydrogens is 224 g/mol. The number of rotatable bonds is 4. The van der Waals surface area contributed by atoms with E-state index in [1.54, 1.807) is 0 Å². The fraction of sp³-hybridized carbons (Fsp3) is 0.400. The van der Waals surface area contributed by atoms with Gasteiger partial charge in [-0.25, -0.2) is 0 Å². The lowest BCUT2D eigenvalue weighted by Gasteiger charge is -2.07. The zero-order chi connectivity index (χ0) is 12.5. The lowest BCUT2D eigenvalue weighted by atomic mass is 10.1. The summed E-state index contributed by atoms with van der Waals surface area (Å²) < 4.78 is 2.09. The van der Waals surface area contributed by atoms with Crippen LogP contribution in [0.1, 0.15) is 35.8 Å². The molecule has 1 N–H and O–H groups in total. The third-order valence-electron chi connectivity index (χ3n) is 3.63. The van der Waals surface area contributed by atoms with Crippen LogP contribution >= 0.6 is 0 Å². The van der Waals surface area contributed by atoms with Crippen LogP contribution in [0.4, 0.5) is 0 Å². The van der Waals surface area contributed by atoms with Crippen molar-refractivity contribution in [1.29, 1.82) is 0 Å². The van der Waals surface area contributed by atoms with Crippen LogP contribution in [0.15, 0.2) is 36.8 Å². The van der Waals surface area contributed by atoms with E-state index in [0.29, 0.717) is 5.92 Å². The molecular formula is C15H18N2O. The van der Waals surface area contributed by atoms with E-state index in [1.807, 2.05) is 30.7 Å². The van der Waals surface area contributed by atoms with Crippen LogP contribution in [0, 0.1) is 12.8 Å². The van der Waals surface area contributed by atoms with Crippen LogP contribution in [0.25, 0.3) is 0 Å². The second-order valence-electron chi connectivity index (χ2n) is 5.17. The van der Waals surface area contributed by atoms with Gasteiger partial charge in [0, 0.05) is 18.6 Å². The van der Waals surface area contributed by atoms with Crippen molar-refractivity contribution in [2.75, 3.05) is 0 Å². The fourth-order valence-corrected chi connectivity index (χ4v) is 2.27. The van der Waals surface area contributed by atoms with Crippen molar-refractivity contribution < 1.29 is 5.11 Å². The molecule has 3 nitrogen and oxygen atoms in total. The second-order valence-corrected chi connectivity index (χ2v) is 5.17. The summed E-state index contributed by atoms with van der Waals surface area (Å²) in [5.41, 5.74) is 3.32. The lowest BCUT2D eigenvalue weighted by molar-refractivity contribution is 0.154. The first kappa shape index (κ1) is 11.5. The zero-order valence-electron chi connectivity index (χ0n) is 10.6. The van der Waals surface area contributed by atoms with Crippen LogP contribution in [0.2, 0.25) is 0 Å². The fourth-order valence-electron chi connectivity index (χ4n) is 2.27. The molecule has 1 fully saturated rings. The predicted octanol–water partition coefficient (Wildman–Crippen LogP) is 2.68. The van der Waals surface area contributed by atoms with Crippen molar-refractivity contribution in [1.82, 2.24) is 9.55 Å². The second kappa shape index (κ2) is 4.58. The molecule has 1 aliphatic rings. The quantitative estimate of drug-likeness (QED) is 0.895. The van der Waals surface area contributed by atoms with Gasteiger partial charge >= 0.3 is 0 Å². The Morgan fingerprint density at radius 3 is 3.00 bits per heavy atom. The van der Waals surface area contributed by atoms with E-state index in [9.17, 15) is 5.11 Å². The van der Waals surface area contributed by atoms with Crippen LogP contribution in [0.3, 0.4) is 0 Å². The Balaban J connectivity index is 1.75. The summed E-state index contributed by atoms with van der Waals surface area (Å²) in [5.74, 6) is 0.484. The van der Waals surface area contributed by atoms with Crippen LogP contribution in [-0.4, -0.2) is 14.7 Å². The Kier molecular flexibility index (Phi) is 2.92. The maximum Gasteiger partial charge on any atom is 0.0832 e. The number of nitrogens with zero attached hydrogens (tertiary/aromatic N) is 2. The molecule has 2 aromatic heterocycles. The minimum absolute atomic E-state index is 0.281. The van der Waals surface area contributed by atoms with Crippen LogP contribution < -0.4 is 0 Å². The Hall–Kier alpha value is -1.61. The molecule has 0 amide bonds. The average Bonchev–Trinajstić information content (AvgIpc) is 3.12. The van der Waals surface area contributed by atoms with E-state index >= 15 is 0 Å². The number of pyridine rings is 1. The number of aryl methyl sites for hydroxylation is 1. The number of aliphatic hydroxyl groups is 1. The van der Waals surface area contributed by atoms with Crippen molar-refractivity contribution in [2.24, 2.45) is 5.92 Å². The molecule has 3 heteroatoms. The first-order valence-electron chi connectivity index (χ1n) is 6.48. The first-order valence-corrected chi connectivity index (χ1v) is 6.48. The Labute approximate surface area is 107 Å². The number of aliphatic hydroxyl groups excluding tert-OH is 1. The van der Waals surface area contributed by atoms with Crippen molar-refractivity contribution in [2.45, 2.75) is 32.4 Å². The minimum Gasteiger partial charge on any atom is -0.388 e. The molecule has 0 aliphatic heterocycles. The number of aromatic nitrogens is 2. The highest BCUT2D eigenvalue weighted by molar-refractivity contribution is 5.21. The van der Waals surface area contributed by atoms with Gasteiger partial charge < -0.3 is 9.67 Å². The normalized spacial score (nSPS) is 16.8. The maximum atomic E-state index is 10.1. The van der Waals surface area contributed by atoms with E-state index in [1.165, 1.54) is 5.56 Å². The first-order chi connectivity index (χ1) is 8.74. The van der Waals surface area contributed by atoms with Crippen molar-refractivity contribution in [3.05, 3.63) is 53.6 Å². The van der Waals surface area contributed by atoms with E-state index in [4.69, 9.17) is 0 Å². The summed E-state index contributed by atoms with van der Waals surface area (Å²) in [7, 11) is 0. The Morgan fingerprint density at radius 2 is 2.28 bits per heavy atom. The summed E-state index contributed by atoms with van der Waals surface area (Å²) in [6.07, 6.45) is 7.92. The average molecular weight is 242 g/mol. The third-order valence-corrected chi connectivity index (χ3v) is 3.63. The molecule has 1 saturated carbocycles. The molecule has 0 bridgehead atoms. The molecule has 0 saturated heterocycles. The van der Waals surface area contributed by atoms with Crippen molar-refractivity contribution >= 4 is 0 Å². The maximum absolute atomic E-state index is 10.1. The number of hydrogen-bond acceptors (Lipinski definition) is 2. The summed E-state index contributed by atoms with van der Waals surface area (Å²) in [6.45, 7) is 2.84. The van der Waals surface area contributed by atoms with Gasteiger partial charge in [-0.05, 0) is 48.9 Å². The highest BCUT2D eigenvalue weighted by Crippen LogP contribution is 2.40. The van der Waals surface area contributed by atoms with Gasteiger partial charge in [0.15, 0.2) is 0 Å². The topological polar surface area (TPSA) is 38.0 Å². The highest BCUT2D eigenvalue weighted by atomic mass is 16.3. The molecule has 1 unspecified atom stereocenters. The molecule has 0 spiro atoms. The van der Waals surface area contributed by atoms with Gasteiger partial charge in [0.2, 0.25) is 0 Å². The van der Waals surface area contributed by atoms with Crippen LogP contribution in [-0.2, 0) is 6.54 Å². The number of hydrogen-bond donors (Lipinski definition) is 1. The van der Waals surface area contributed by atoms with E-state index in [-0.39, 0.29) is 6.10 Å². The van der Waals surface area contributed by atoms with Crippen LogP contribution in [0.5, 0.6) is 0 Å². The SMILES string of the molecule is Cc1cccnc1Cn1ccc(C(O)C2CC2)c1. The monoisotopic (exact) mass is 242 g/mol. The molecule has 1 atom stereocenters. The van der Waals surface area contributed by atoms with Gasteiger partial charge in [-0.3, -0.25) is 4.98 Å². The summed E-state index contributed by atoms with van der Waals surface area (Å²) >= 11 is 0. The van der Waals surface area contributed by atoms with Crippen molar-refractivity contribution in [3.8, 4) is 0 Å². The molecule has 18 heavy (non-hydrogen) atoms. The van der Waals surface area contributed by atoms with E-state index < -0.39 is 0 Å². The molecule has 3 rings (SSSR count). The molecule has 1 aliphatic carbocycles. The Morgan fingerprint density at radius 1 is 1.44 bits per heavy atom. The van der Waals surface area contributed by atoms with Gasteiger partial charge in [0.05, 0.1) is 18.3 Å².